The maximum absolute atomic E-state index is 12.5. The van der Waals surface area contributed by atoms with Crippen molar-refractivity contribution in [2.24, 2.45) is 0 Å². The second kappa shape index (κ2) is 9.96. The highest BCUT2D eigenvalue weighted by Gasteiger charge is 2.21. The fraction of sp³-hybridized carbons (Fsp3) is 0.440. The summed E-state index contributed by atoms with van der Waals surface area (Å²) in [6.07, 6.45) is 5.37. The van der Waals surface area contributed by atoms with Gasteiger partial charge in [-0.05, 0) is 68.6 Å². The molecule has 2 aromatic carbocycles. The van der Waals surface area contributed by atoms with Gasteiger partial charge in [-0.2, -0.15) is 0 Å². The molecule has 0 aromatic heterocycles. The van der Waals surface area contributed by atoms with E-state index in [1.807, 2.05) is 36.2 Å². The first-order valence-electron chi connectivity index (χ1n) is 11.3. The van der Waals surface area contributed by atoms with Crippen LogP contribution in [-0.4, -0.2) is 49.9 Å². The van der Waals surface area contributed by atoms with E-state index in [4.69, 9.17) is 0 Å². The maximum atomic E-state index is 12.5. The molecule has 2 amide bonds. The van der Waals surface area contributed by atoms with Crippen LogP contribution in [0.3, 0.4) is 0 Å². The molecule has 2 fully saturated rings. The molecule has 0 aliphatic carbocycles. The summed E-state index contributed by atoms with van der Waals surface area (Å²) in [7, 11) is 1.96. The molecule has 4 rings (SSSR count). The molecule has 0 spiro atoms. The van der Waals surface area contributed by atoms with E-state index in [9.17, 15) is 9.59 Å². The zero-order chi connectivity index (χ0) is 21.6. The number of benzene rings is 2. The van der Waals surface area contributed by atoms with E-state index in [0.29, 0.717) is 13.0 Å². The van der Waals surface area contributed by atoms with E-state index in [-0.39, 0.29) is 11.8 Å². The van der Waals surface area contributed by atoms with Crippen molar-refractivity contribution in [1.82, 2.24) is 4.90 Å². The second-order valence-corrected chi connectivity index (χ2v) is 8.63. The summed E-state index contributed by atoms with van der Waals surface area (Å²) in [6.45, 7) is 4.06. The lowest BCUT2D eigenvalue weighted by Crippen LogP contribution is -2.30. The number of carbonyl (C=O) groups excluding carboxylic acids is 2. The number of hydrogen-bond acceptors (Lipinski definition) is 4. The Kier molecular flexibility index (Phi) is 6.87. The van der Waals surface area contributed by atoms with Gasteiger partial charge in [-0.3, -0.25) is 14.5 Å². The lowest BCUT2D eigenvalue weighted by Gasteiger charge is -2.29. The van der Waals surface area contributed by atoms with Crippen LogP contribution in [0, 0.1) is 0 Å². The van der Waals surface area contributed by atoms with Gasteiger partial charge in [0.05, 0.1) is 6.54 Å². The van der Waals surface area contributed by atoms with Crippen LogP contribution in [0.2, 0.25) is 0 Å². The number of hydrogen-bond donors (Lipinski definition) is 1. The first-order chi connectivity index (χ1) is 15.1. The molecule has 1 N–H and O–H groups in total. The average Bonchev–Trinajstić information content (AvgIpc) is 3.21. The summed E-state index contributed by atoms with van der Waals surface area (Å²) < 4.78 is 0. The van der Waals surface area contributed by atoms with Gasteiger partial charge in [0.2, 0.25) is 11.8 Å². The largest absolute Gasteiger partial charge is 0.372 e. The van der Waals surface area contributed by atoms with Crippen molar-refractivity contribution < 1.29 is 9.59 Å². The third-order valence-electron chi connectivity index (χ3n) is 6.04. The topological polar surface area (TPSA) is 55.9 Å². The van der Waals surface area contributed by atoms with Crippen LogP contribution in [0.5, 0.6) is 0 Å². The fourth-order valence-electron chi connectivity index (χ4n) is 4.45. The molecular weight excluding hydrogens is 388 g/mol. The molecule has 0 saturated carbocycles. The minimum Gasteiger partial charge on any atom is -0.372 e. The minimum atomic E-state index is -0.0580. The molecule has 2 heterocycles. The van der Waals surface area contributed by atoms with Crippen molar-refractivity contribution in [3.63, 3.8) is 0 Å². The maximum Gasteiger partial charge on any atom is 0.238 e. The number of amides is 2. The second-order valence-electron chi connectivity index (χ2n) is 8.63. The van der Waals surface area contributed by atoms with Crippen molar-refractivity contribution in [2.75, 3.05) is 48.3 Å². The van der Waals surface area contributed by atoms with Gasteiger partial charge in [0, 0.05) is 49.7 Å². The number of nitrogens with zero attached hydrogens (tertiary/aromatic N) is 3. The van der Waals surface area contributed by atoms with E-state index in [0.717, 1.165) is 44.0 Å². The van der Waals surface area contributed by atoms with Crippen molar-refractivity contribution in [3.05, 3.63) is 54.1 Å². The minimum absolute atomic E-state index is 0.0580. The van der Waals surface area contributed by atoms with Gasteiger partial charge in [-0.25, -0.2) is 0 Å². The highest BCUT2D eigenvalue weighted by molar-refractivity contribution is 5.97. The highest BCUT2D eigenvalue weighted by atomic mass is 16.2. The van der Waals surface area contributed by atoms with Gasteiger partial charge in [0.15, 0.2) is 0 Å². The summed E-state index contributed by atoms with van der Waals surface area (Å²) in [5, 5.41) is 2.96. The van der Waals surface area contributed by atoms with E-state index in [1.165, 1.54) is 30.5 Å². The molecular formula is C25H32N4O2. The molecule has 0 unspecified atom stereocenters. The van der Waals surface area contributed by atoms with Crippen LogP contribution in [0.1, 0.15) is 37.7 Å². The van der Waals surface area contributed by atoms with E-state index in [1.54, 1.807) is 4.90 Å². The summed E-state index contributed by atoms with van der Waals surface area (Å²) in [4.78, 5) is 30.8. The van der Waals surface area contributed by atoms with Gasteiger partial charge in [0.25, 0.3) is 0 Å². The molecule has 0 atom stereocenters. The molecule has 0 bridgehead atoms. The van der Waals surface area contributed by atoms with E-state index in [2.05, 4.69) is 34.5 Å². The van der Waals surface area contributed by atoms with Gasteiger partial charge in [0.1, 0.15) is 0 Å². The standard InChI is InChI=1S/C25H32N4O2/c1-27(18-20-10-12-22(13-11-20)28-14-3-2-4-15-28)19-24(30)26-21-7-5-8-23(17-21)29-16-6-9-25(29)31/h5,7-8,10-13,17H,2-4,6,9,14-16,18-19H2,1H3,(H,26,30). The van der Waals surface area contributed by atoms with E-state index < -0.39 is 0 Å². The Balaban J connectivity index is 1.28. The van der Waals surface area contributed by atoms with Gasteiger partial charge < -0.3 is 15.1 Å². The molecule has 164 valence electrons. The smallest absolute Gasteiger partial charge is 0.238 e. The lowest BCUT2D eigenvalue weighted by molar-refractivity contribution is -0.117. The Morgan fingerprint density at radius 3 is 2.45 bits per heavy atom. The summed E-state index contributed by atoms with van der Waals surface area (Å²) >= 11 is 0. The first-order valence-corrected chi connectivity index (χ1v) is 11.3. The molecule has 6 nitrogen and oxygen atoms in total. The van der Waals surface area contributed by atoms with Gasteiger partial charge >= 0.3 is 0 Å². The molecule has 2 aliphatic rings. The summed E-state index contributed by atoms with van der Waals surface area (Å²) in [5.74, 6) is 0.0897. The Labute approximate surface area is 184 Å². The molecule has 2 aliphatic heterocycles. The molecule has 6 heteroatoms. The Hall–Kier alpha value is -2.86. The van der Waals surface area contributed by atoms with Crippen molar-refractivity contribution >= 4 is 28.9 Å². The van der Waals surface area contributed by atoms with Crippen LogP contribution >= 0.6 is 0 Å². The van der Waals surface area contributed by atoms with Crippen LogP contribution in [0.15, 0.2) is 48.5 Å². The number of piperidine rings is 1. The Morgan fingerprint density at radius 1 is 0.968 bits per heavy atom. The first kappa shape index (κ1) is 21.4. The Bertz CT molecular complexity index is 906. The number of anilines is 3. The van der Waals surface area contributed by atoms with Crippen molar-refractivity contribution in [3.8, 4) is 0 Å². The Morgan fingerprint density at radius 2 is 1.74 bits per heavy atom. The third kappa shape index (κ3) is 5.64. The SMILES string of the molecule is CN(CC(=O)Nc1cccc(N2CCCC2=O)c1)Cc1ccc(N2CCCCC2)cc1. The third-order valence-corrected chi connectivity index (χ3v) is 6.04. The van der Waals surface area contributed by atoms with Crippen LogP contribution in [0.4, 0.5) is 17.1 Å². The predicted octanol–water partition coefficient (Wildman–Crippen LogP) is 3.87. The highest BCUT2D eigenvalue weighted by Crippen LogP contribution is 2.24. The molecule has 0 radical (unpaired) electrons. The fourth-order valence-corrected chi connectivity index (χ4v) is 4.45. The van der Waals surface area contributed by atoms with Crippen LogP contribution in [0.25, 0.3) is 0 Å². The molecule has 2 saturated heterocycles. The zero-order valence-corrected chi connectivity index (χ0v) is 18.3. The van der Waals surface area contributed by atoms with Crippen molar-refractivity contribution in [2.45, 2.75) is 38.6 Å². The van der Waals surface area contributed by atoms with Crippen LogP contribution in [-0.2, 0) is 16.1 Å². The summed E-state index contributed by atoms with van der Waals surface area (Å²) in [6, 6.07) is 16.2. The van der Waals surface area contributed by atoms with Gasteiger partial charge in [-0.1, -0.05) is 18.2 Å². The number of rotatable bonds is 7. The zero-order valence-electron chi connectivity index (χ0n) is 18.3. The van der Waals surface area contributed by atoms with Crippen LogP contribution < -0.4 is 15.1 Å². The summed E-state index contributed by atoms with van der Waals surface area (Å²) in [5.41, 5.74) is 4.06. The predicted molar refractivity (Wildman–Crippen MR) is 125 cm³/mol. The van der Waals surface area contributed by atoms with Gasteiger partial charge in [-0.15, -0.1) is 0 Å². The molecule has 31 heavy (non-hydrogen) atoms. The number of carbonyl (C=O) groups is 2. The monoisotopic (exact) mass is 420 g/mol. The van der Waals surface area contributed by atoms with E-state index >= 15 is 0 Å². The number of likely N-dealkylation sites (N-methyl/N-ethyl adjacent to an activating group) is 1. The quantitative estimate of drug-likeness (QED) is 0.739. The molecule has 2 aromatic rings. The number of nitrogens with one attached hydrogen (secondary N) is 1. The lowest BCUT2D eigenvalue weighted by atomic mass is 10.1. The van der Waals surface area contributed by atoms with Crippen molar-refractivity contribution in [1.29, 1.82) is 0 Å². The normalized spacial score (nSPS) is 16.8. The average molecular weight is 421 g/mol.